The van der Waals surface area contributed by atoms with Crippen LogP contribution in [0, 0.1) is 0 Å². The molecule has 0 aliphatic rings. The Kier molecular flexibility index (Phi) is 7.57. The van der Waals surface area contributed by atoms with E-state index >= 15 is 0 Å². The molecule has 0 atom stereocenters. The van der Waals surface area contributed by atoms with E-state index in [1.807, 2.05) is 39.8 Å². The van der Waals surface area contributed by atoms with Crippen LogP contribution in [-0.2, 0) is 11.3 Å². The molecule has 8 heteroatoms. The number of aromatic nitrogens is 1. The number of carbonyl (C=O) groups is 1. The lowest BCUT2D eigenvalue weighted by molar-refractivity contribution is 0.0527. The Balaban J connectivity index is 2.24. The lowest BCUT2D eigenvalue weighted by Gasteiger charge is -2.19. The molecule has 23 heavy (non-hydrogen) atoms. The molecule has 0 aromatic carbocycles. The molecule has 1 rings (SSSR count). The maximum absolute atomic E-state index is 11.5. The molecule has 0 aliphatic heterocycles. The number of hydrogen-bond donors (Lipinski definition) is 2. The van der Waals surface area contributed by atoms with Gasteiger partial charge in [0, 0.05) is 27.2 Å². The van der Waals surface area contributed by atoms with Gasteiger partial charge >= 0.3 is 6.09 Å². The quantitative estimate of drug-likeness (QED) is 0.704. The Morgan fingerprint density at radius 3 is 2.57 bits per heavy atom. The highest BCUT2D eigenvalue weighted by Gasteiger charge is 2.15. The van der Waals surface area contributed by atoms with Gasteiger partial charge in [-0.1, -0.05) is 11.3 Å². The summed E-state index contributed by atoms with van der Waals surface area (Å²) in [6.07, 6.45) is 0.443. The number of anilines is 1. The Morgan fingerprint density at radius 1 is 1.30 bits per heavy atom. The third-order valence-electron chi connectivity index (χ3n) is 2.71. The summed E-state index contributed by atoms with van der Waals surface area (Å²) in [7, 11) is 5.54. The van der Waals surface area contributed by atoms with Crippen LogP contribution in [0.1, 0.15) is 32.1 Å². The van der Waals surface area contributed by atoms with Crippen LogP contribution >= 0.6 is 11.3 Å². The summed E-state index contributed by atoms with van der Waals surface area (Å²) in [5.74, 6) is 0.665. The van der Waals surface area contributed by atoms with Gasteiger partial charge in [-0.05, 0) is 33.7 Å². The third-order valence-corrected chi connectivity index (χ3v) is 3.91. The Bertz CT molecular complexity index is 497. The first-order chi connectivity index (χ1) is 10.7. The minimum absolute atomic E-state index is 0.378. The number of amides is 1. The van der Waals surface area contributed by atoms with Crippen molar-refractivity contribution < 1.29 is 14.3 Å². The van der Waals surface area contributed by atoms with Gasteiger partial charge in [0.05, 0.1) is 12.0 Å². The van der Waals surface area contributed by atoms with Gasteiger partial charge in [0.2, 0.25) is 5.88 Å². The predicted molar refractivity (Wildman–Crippen MR) is 93.6 cm³/mol. The van der Waals surface area contributed by atoms with Crippen LogP contribution in [0.15, 0.2) is 0 Å². The summed E-state index contributed by atoms with van der Waals surface area (Å²) in [6, 6.07) is 0. The summed E-state index contributed by atoms with van der Waals surface area (Å²) in [5, 5.41) is 6.99. The summed E-state index contributed by atoms with van der Waals surface area (Å²) >= 11 is 1.60. The molecule has 0 unspecified atom stereocenters. The molecular weight excluding hydrogens is 316 g/mol. The van der Waals surface area contributed by atoms with E-state index in [-0.39, 0.29) is 6.09 Å². The lowest BCUT2D eigenvalue weighted by Crippen LogP contribution is -2.33. The highest BCUT2D eigenvalue weighted by Crippen LogP contribution is 2.30. The number of carbonyl (C=O) groups excluding carboxylic acids is 1. The van der Waals surface area contributed by atoms with Crippen molar-refractivity contribution in [1.82, 2.24) is 15.6 Å². The largest absolute Gasteiger partial charge is 0.480 e. The third kappa shape index (κ3) is 7.51. The van der Waals surface area contributed by atoms with E-state index in [0.29, 0.717) is 19.0 Å². The minimum atomic E-state index is -0.463. The zero-order valence-corrected chi connectivity index (χ0v) is 15.7. The first-order valence-corrected chi connectivity index (χ1v) is 8.43. The van der Waals surface area contributed by atoms with Crippen molar-refractivity contribution in [2.75, 3.05) is 39.2 Å². The summed E-state index contributed by atoms with van der Waals surface area (Å²) < 4.78 is 10.5. The van der Waals surface area contributed by atoms with Gasteiger partial charge in [-0.3, -0.25) is 0 Å². The molecule has 0 saturated heterocycles. The fraction of sp³-hybridized carbons (Fsp3) is 0.733. The van der Waals surface area contributed by atoms with Crippen molar-refractivity contribution in [2.24, 2.45) is 0 Å². The molecule has 1 amide bonds. The highest BCUT2D eigenvalue weighted by molar-refractivity contribution is 7.15. The maximum atomic E-state index is 11.5. The van der Waals surface area contributed by atoms with E-state index in [4.69, 9.17) is 9.47 Å². The number of ether oxygens (including phenoxy) is 2. The van der Waals surface area contributed by atoms with Crippen molar-refractivity contribution in [3.8, 4) is 5.88 Å². The normalized spacial score (nSPS) is 11.2. The molecule has 0 bridgehead atoms. The van der Waals surface area contributed by atoms with Crippen molar-refractivity contribution in [2.45, 2.75) is 39.3 Å². The molecule has 1 aromatic heterocycles. The molecule has 1 aromatic rings. The first-order valence-electron chi connectivity index (χ1n) is 7.61. The van der Waals surface area contributed by atoms with Gasteiger partial charge in [-0.15, -0.1) is 0 Å². The number of nitrogens with one attached hydrogen (secondary N) is 2. The maximum Gasteiger partial charge on any atom is 0.407 e. The SMILES string of the molecule is COc1nc(N(C)C)sc1CNCCCNC(=O)OC(C)(C)C. The predicted octanol–water partition coefficient (Wildman–Crippen LogP) is 2.22. The lowest BCUT2D eigenvalue weighted by atomic mass is 10.2. The molecule has 1 heterocycles. The van der Waals surface area contributed by atoms with E-state index in [1.54, 1.807) is 18.4 Å². The Labute approximate surface area is 142 Å². The van der Waals surface area contributed by atoms with Gasteiger partial charge < -0.3 is 25.0 Å². The van der Waals surface area contributed by atoms with Crippen LogP contribution in [0.2, 0.25) is 0 Å². The highest BCUT2D eigenvalue weighted by atomic mass is 32.1. The van der Waals surface area contributed by atoms with Gasteiger partial charge in [0.25, 0.3) is 0 Å². The van der Waals surface area contributed by atoms with Gasteiger partial charge in [-0.25, -0.2) is 4.79 Å². The number of thiazole rings is 1. The second kappa shape index (κ2) is 8.93. The average Bonchev–Trinajstić information content (AvgIpc) is 2.84. The zero-order valence-electron chi connectivity index (χ0n) is 14.9. The topological polar surface area (TPSA) is 75.7 Å². The average molecular weight is 344 g/mol. The minimum Gasteiger partial charge on any atom is -0.480 e. The molecule has 0 spiro atoms. The van der Waals surface area contributed by atoms with Crippen molar-refractivity contribution in [3.63, 3.8) is 0 Å². The first kappa shape index (κ1) is 19.5. The van der Waals surface area contributed by atoms with Crippen LogP contribution in [0.5, 0.6) is 5.88 Å². The van der Waals surface area contributed by atoms with Crippen molar-refractivity contribution in [3.05, 3.63) is 4.88 Å². The van der Waals surface area contributed by atoms with Gasteiger partial charge in [0.15, 0.2) is 5.13 Å². The van der Waals surface area contributed by atoms with Crippen molar-refractivity contribution >= 4 is 22.6 Å². The molecule has 132 valence electrons. The monoisotopic (exact) mass is 344 g/mol. The molecule has 0 radical (unpaired) electrons. The fourth-order valence-corrected chi connectivity index (χ4v) is 2.63. The smallest absolute Gasteiger partial charge is 0.407 e. The number of alkyl carbamates (subject to hydrolysis) is 1. The summed E-state index contributed by atoms with van der Waals surface area (Å²) in [5.41, 5.74) is -0.463. The summed E-state index contributed by atoms with van der Waals surface area (Å²) in [6.45, 7) is 7.59. The Morgan fingerprint density at radius 2 is 2.00 bits per heavy atom. The van der Waals surface area contributed by atoms with Crippen LogP contribution < -0.4 is 20.3 Å². The summed E-state index contributed by atoms with van der Waals surface area (Å²) in [4.78, 5) is 18.9. The van der Waals surface area contributed by atoms with E-state index in [9.17, 15) is 4.79 Å². The molecule has 0 fully saturated rings. The molecule has 7 nitrogen and oxygen atoms in total. The fourth-order valence-electron chi connectivity index (χ4n) is 1.71. The van der Waals surface area contributed by atoms with E-state index in [0.717, 1.165) is 23.0 Å². The molecule has 2 N–H and O–H groups in total. The standard InChI is InChI=1S/C15H28N4O3S/c1-15(2,3)22-14(20)17-9-7-8-16-10-11-12(21-6)18-13(23-11)19(4)5/h16H,7-10H2,1-6H3,(H,17,20). The van der Waals surface area contributed by atoms with E-state index in [1.165, 1.54) is 0 Å². The number of hydrogen-bond acceptors (Lipinski definition) is 7. The number of rotatable bonds is 8. The van der Waals surface area contributed by atoms with Gasteiger partial charge in [-0.2, -0.15) is 4.98 Å². The van der Waals surface area contributed by atoms with E-state index in [2.05, 4.69) is 15.6 Å². The molecule has 0 saturated carbocycles. The number of nitrogens with zero attached hydrogens (tertiary/aromatic N) is 2. The molecule has 0 aliphatic carbocycles. The van der Waals surface area contributed by atoms with Gasteiger partial charge in [0.1, 0.15) is 5.60 Å². The Hall–Kier alpha value is -1.54. The van der Waals surface area contributed by atoms with Crippen LogP contribution in [0.4, 0.5) is 9.93 Å². The van der Waals surface area contributed by atoms with E-state index < -0.39 is 5.60 Å². The van der Waals surface area contributed by atoms with Crippen LogP contribution in [0.25, 0.3) is 0 Å². The second-order valence-electron chi connectivity index (χ2n) is 6.28. The molecular formula is C15H28N4O3S. The second-order valence-corrected chi connectivity index (χ2v) is 7.34. The van der Waals surface area contributed by atoms with Crippen LogP contribution in [-0.4, -0.2) is 51.0 Å². The van der Waals surface area contributed by atoms with Crippen molar-refractivity contribution in [1.29, 1.82) is 0 Å². The number of methoxy groups -OCH3 is 1. The van der Waals surface area contributed by atoms with Crippen LogP contribution in [0.3, 0.4) is 0 Å². The zero-order chi connectivity index (χ0) is 17.5.